The van der Waals surface area contributed by atoms with Gasteiger partial charge in [-0.25, -0.2) is 10.1 Å². The van der Waals surface area contributed by atoms with Crippen LogP contribution in [0.1, 0.15) is 15.9 Å². The molecule has 2 aromatic carbocycles. The quantitative estimate of drug-likeness (QED) is 0.164. The minimum absolute atomic E-state index is 0.0155. The number of carbonyl (C=O) groups excluding carboxylic acids is 1. The number of aromatic nitrogens is 3. The van der Waals surface area contributed by atoms with Gasteiger partial charge in [0, 0.05) is 14.5 Å². The van der Waals surface area contributed by atoms with E-state index in [0.717, 1.165) is 14.5 Å². The molecule has 0 spiro atoms. The molecule has 0 bridgehead atoms. The van der Waals surface area contributed by atoms with Crippen LogP contribution in [0.5, 0.6) is 0 Å². The Morgan fingerprint density at radius 3 is 2.41 bits per heavy atom. The number of nitrogens with zero attached hydrogens (tertiary/aromatic N) is 4. The van der Waals surface area contributed by atoms with Crippen LogP contribution < -0.4 is 11.3 Å². The van der Waals surface area contributed by atoms with Crippen molar-refractivity contribution >= 4 is 61.6 Å². The Hall–Kier alpha value is -2.17. The highest BCUT2D eigenvalue weighted by Gasteiger charge is 2.13. The summed E-state index contributed by atoms with van der Waals surface area (Å²) in [5, 5.41) is 12.4. The van der Waals surface area contributed by atoms with E-state index in [9.17, 15) is 4.79 Å². The van der Waals surface area contributed by atoms with E-state index in [0.29, 0.717) is 10.7 Å². The van der Waals surface area contributed by atoms with E-state index < -0.39 is 0 Å². The maximum absolute atomic E-state index is 12.2. The number of nitrogen functional groups attached to an aromatic ring is 1. The summed E-state index contributed by atoms with van der Waals surface area (Å²) in [6.07, 6.45) is 1.64. The van der Waals surface area contributed by atoms with Crippen LogP contribution in [0.4, 0.5) is 5.95 Å². The molecule has 27 heavy (non-hydrogen) atoms. The predicted molar refractivity (Wildman–Crippen MR) is 115 cm³/mol. The molecular formula is C17H14Br2N6OS. The number of nitrogens with two attached hydrogens (primary N) is 1. The molecule has 0 saturated heterocycles. The Kier molecular flexibility index (Phi) is 6.64. The van der Waals surface area contributed by atoms with Crippen LogP contribution in [0, 0.1) is 0 Å². The Balaban J connectivity index is 1.57. The molecule has 0 radical (unpaired) electrons. The van der Waals surface area contributed by atoms with Gasteiger partial charge in [0.2, 0.25) is 5.16 Å². The fourth-order valence-electron chi connectivity index (χ4n) is 2.01. The molecule has 0 aliphatic carbocycles. The Morgan fingerprint density at radius 2 is 1.74 bits per heavy atom. The van der Waals surface area contributed by atoms with Crippen molar-refractivity contribution in [2.45, 2.75) is 5.16 Å². The second-order valence-corrected chi connectivity index (χ2v) is 8.09. The lowest BCUT2D eigenvalue weighted by molar-refractivity contribution is 0.102. The van der Waals surface area contributed by atoms with Gasteiger partial charge in [-0.05, 0) is 29.8 Å². The van der Waals surface area contributed by atoms with Gasteiger partial charge in [-0.15, -0.1) is 10.2 Å². The zero-order chi connectivity index (χ0) is 19.2. The van der Waals surface area contributed by atoms with Gasteiger partial charge in [-0.1, -0.05) is 67.9 Å². The van der Waals surface area contributed by atoms with Crippen molar-refractivity contribution in [3.8, 4) is 0 Å². The number of hydrazone groups is 1. The van der Waals surface area contributed by atoms with Gasteiger partial charge in [-0.2, -0.15) is 5.10 Å². The minimum Gasteiger partial charge on any atom is -0.334 e. The molecule has 1 aromatic heterocycles. The first kappa shape index (κ1) is 19.6. The fraction of sp³-hybridized carbons (Fsp3) is 0.0588. The summed E-state index contributed by atoms with van der Waals surface area (Å²) in [7, 11) is 0. The molecule has 3 rings (SSSR count). The summed E-state index contributed by atoms with van der Waals surface area (Å²) in [6.45, 7) is 0. The lowest BCUT2D eigenvalue weighted by atomic mass is 10.2. The molecule has 10 heteroatoms. The van der Waals surface area contributed by atoms with E-state index in [2.05, 4.69) is 52.6 Å². The minimum atomic E-state index is -0.0155. The molecule has 0 saturated carbocycles. The number of ketones is 1. The molecular weight excluding hydrogens is 496 g/mol. The summed E-state index contributed by atoms with van der Waals surface area (Å²) in [6, 6.07) is 14.9. The first-order valence-electron chi connectivity index (χ1n) is 7.69. The number of Topliss-reactive ketones (excluding diaryl/α,β-unsaturated/α-hetero) is 1. The van der Waals surface area contributed by atoms with E-state index in [1.165, 1.54) is 16.4 Å². The summed E-state index contributed by atoms with van der Waals surface area (Å²) < 4.78 is 3.18. The van der Waals surface area contributed by atoms with Gasteiger partial charge in [0.15, 0.2) is 5.78 Å². The molecule has 0 fully saturated rings. The first-order chi connectivity index (χ1) is 13.0. The zero-order valence-corrected chi connectivity index (χ0v) is 17.8. The number of hydrogen-bond acceptors (Lipinski definition) is 7. The molecule has 7 nitrogen and oxygen atoms in total. The van der Waals surface area contributed by atoms with Crippen molar-refractivity contribution < 1.29 is 4.79 Å². The lowest BCUT2D eigenvalue weighted by Crippen LogP contribution is -2.14. The van der Waals surface area contributed by atoms with Gasteiger partial charge in [0.1, 0.15) is 0 Å². The highest BCUT2D eigenvalue weighted by molar-refractivity contribution is 9.10. The summed E-state index contributed by atoms with van der Waals surface area (Å²) in [4.78, 5) is 12.2. The van der Waals surface area contributed by atoms with E-state index in [-0.39, 0.29) is 17.5 Å². The monoisotopic (exact) mass is 508 g/mol. The van der Waals surface area contributed by atoms with Crippen LogP contribution in [0.15, 0.2) is 67.7 Å². The summed E-state index contributed by atoms with van der Waals surface area (Å²) in [5.41, 5.74) is 4.29. The number of rotatable bonds is 7. The number of hydrogen-bond donors (Lipinski definition) is 2. The van der Waals surface area contributed by atoms with Crippen molar-refractivity contribution in [3.63, 3.8) is 0 Å². The zero-order valence-electron chi connectivity index (χ0n) is 13.8. The highest BCUT2D eigenvalue weighted by Crippen LogP contribution is 2.19. The van der Waals surface area contributed by atoms with E-state index in [4.69, 9.17) is 5.84 Å². The molecule has 0 amide bonds. The average Bonchev–Trinajstić information content (AvgIpc) is 3.02. The molecule has 0 unspecified atom stereocenters. The smallest absolute Gasteiger partial charge is 0.264 e. The molecule has 3 aromatic rings. The average molecular weight is 510 g/mol. The van der Waals surface area contributed by atoms with Crippen LogP contribution in [-0.2, 0) is 0 Å². The van der Waals surface area contributed by atoms with Gasteiger partial charge >= 0.3 is 0 Å². The SMILES string of the molecule is Nn1c(N/N=C/c2ccc(Br)cc2)nnc1SCC(=O)c1ccc(Br)cc1. The number of benzene rings is 2. The number of nitrogens with one attached hydrogen (secondary N) is 1. The van der Waals surface area contributed by atoms with Gasteiger partial charge in [-0.3, -0.25) is 4.79 Å². The standard InChI is InChI=1S/C17H14Br2N6OS/c18-13-5-1-11(2-6-13)9-21-22-16-23-24-17(25(16)20)27-10-15(26)12-3-7-14(19)8-4-12/h1-9H,10,20H2,(H,22,23)/b21-9+. The third-order valence-electron chi connectivity index (χ3n) is 3.41. The van der Waals surface area contributed by atoms with E-state index >= 15 is 0 Å². The Morgan fingerprint density at radius 1 is 1.11 bits per heavy atom. The predicted octanol–water partition coefficient (Wildman–Crippen LogP) is 3.94. The number of thioether (sulfide) groups is 1. The number of carbonyl (C=O) groups is 1. The lowest BCUT2D eigenvalue weighted by Gasteiger charge is -2.03. The highest BCUT2D eigenvalue weighted by atomic mass is 79.9. The van der Waals surface area contributed by atoms with Gasteiger partial charge in [0.25, 0.3) is 5.95 Å². The maximum atomic E-state index is 12.2. The molecule has 1 heterocycles. The van der Waals surface area contributed by atoms with Crippen LogP contribution in [0.25, 0.3) is 0 Å². The maximum Gasteiger partial charge on any atom is 0.264 e. The fourth-order valence-corrected chi connectivity index (χ4v) is 3.29. The first-order valence-corrected chi connectivity index (χ1v) is 10.3. The van der Waals surface area contributed by atoms with Gasteiger partial charge in [0.05, 0.1) is 12.0 Å². The normalized spacial score (nSPS) is 11.0. The van der Waals surface area contributed by atoms with Crippen molar-refractivity contribution in [3.05, 3.63) is 68.6 Å². The Bertz CT molecular complexity index is 957. The number of halogens is 2. The third-order valence-corrected chi connectivity index (χ3v) is 5.41. The van der Waals surface area contributed by atoms with Crippen LogP contribution in [0.2, 0.25) is 0 Å². The van der Waals surface area contributed by atoms with Crippen LogP contribution in [-0.4, -0.2) is 32.6 Å². The van der Waals surface area contributed by atoms with Gasteiger partial charge < -0.3 is 5.84 Å². The molecule has 0 atom stereocenters. The van der Waals surface area contributed by atoms with Crippen LogP contribution >= 0.6 is 43.6 Å². The third kappa shape index (κ3) is 5.41. The summed E-state index contributed by atoms with van der Waals surface area (Å²) >= 11 is 7.94. The van der Waals surface area contributed by atoms with E-state index in [1.807, 2.05) is 36.4 Å². The topological polar surface area (TPSA) is 98.2 Å². The second-order valence-electron chi connectivity index (χ2n) is 5.32. The van der Waals surface area contributed by atoms with E-state index in [1.54, 1.807) is 18.3 Å². The Labute approximate surface area is 176 Å². The van der Waals surface area contributed by atoms with Crippen molar-refractivity contribution in [2.24, 2.45) is 5.10 Å². The summed E-state index contributed by atoms with van der Waals surface area (Å²) in [5.74, 6) is 6.43. The second kappa shape index (κ2) is 9.16. The largest absolute Gasteiger partial charge is 0.334 e. The molecule has 0 aliphatic rings. The van der Waals surface area contributed by atoms with Crippen molar-refractivity contribution in [1.82, 2.24) is 14.9 Å². The molecule has 3 N–H and O–H groups in total. The molecule has 0 aliphatic heterocycles. The number of anilines is 1. The van der Waals surface area contributed by atoms with Crippen molar-refractivity contribution in [2.75, 3.05) is 17.0 Å². The van der Waals surface area contributed by atoms with Crippen LogP contribution in [0.3, 0.4) is 0 Å². The molecule has 138 valence electrons. The van der Waals surface area contributed by atoms with Crippen molar-refractivity contribution in [1.29, 1.82) is 0 Å².